The summed E-state index contributed by atoms with van der Waals surface area (Å²) in [5.74, 6) is 2.98. The Bertz CT molecular complexity index is 942. The molecule has 2 aromatic rings. The van der Waals surface area contributed by atoms with Crippen LogP contribution in [0.5, 0.6) is 11.5 Å². The van der Waals surface area contributed by atoms with Crippen LogP contribution in [-0.4, -0.2) is 20.0 Å². The van der Waals surface area contributed by atoms with Crippen LogP contribution >= 0.6 is 31.9 Å². The molecule has 0 radical (unpaired) electrons. The maximum atomic E-state index is 13.7. The van der Waals surface area contributed by atoms with Crippen LogP contribution in [0.25, 0.3) is 0 Å². The Morgan fingerprint density at radius 3 is 2.34 bits per heavy atom. The Morgan fingerprint density at radius 2 is 1.66 bits per heavy atom. The third kappa shape index (κ3) is 3.88. The van der Waals surface area contributed by atoms with Crippen molar-refractivity contribution in [3.05, 3.63) is 56.5 Å². The van der Waals surface area contributed by atoms with E-state index in [0.717, 1.165) is 51.7 Å². The fraction of sp³-hybridized carbons (Fsp3) is 0.458. The van der Waals surface area contributed by atoms with Crippen LogP contribution in [0.15, 0.2) is 45.3 Å². The summed E-state index contributed by atoms with van der Waals surface area (Å²) in [6, 6.07) is 12.1. The molecule has 2 unspecified atom stereocenters. The fourth-order valence-electron chi connectivity index (χ4n) is 5.21. The number of ether oxygens (including phenoxy) is 2. The highest BCUT2D eigenvalue weighted by Crippen LogP contribution is 2.67. The van der Waals surface area contributed by atoms with Crippen LogP contribution in [0.3, 0.4) is 0 Å². The van der Waals surface area contributed by atoms with E-state index in [1.807, 2.05) is 30.3 Å². The van der Waals surface area contributed by atoms with Crippen LogP contribution in [-0.2, 0) is 11.2 Å². The van der Waals surface area contributed by atoms with Crippen molar-refractivity contribution < 1.29 is 14.3 Å². The van der Waals surface area contributed by atoms with Gasteiger partial charge in [-0.25, -0.2) is 0 Å². The van der Waals surface area contributed by atoms with Crippen molar-refractivity contribution in [1.82, 2.24) is 0 Å². The standard InChI is InChI=1S/C24H26Br2O3/c1-14-8-16(9-15-10-17(28-2)4-6-21(15)25)23(27)24(12-14)13-20(24)19-11-18(29-3)5-7-22(19)26/h4-7,10-11,14,16,20H,8-9,12-13H2,1-3H3/t14?,16-,20?,24+/m0/s1. The second kappa shape index (κ2) is 8.07. The van der Waals surface area contributed by atoms with Crippen LogP contribution in [0.2, 0.25) is 0 Å². The molecule has 0 saturated heterocycles. The molecule has 0 aromatic heterocycles. The van der Waals surface area contributed by atoms with Crippen LogP contribution in [0, 0.1) is 17.3 Å². The Kier molecular flexibility index (Phi) is 5.82. The van der Waals surface area contributed by atoms with E-state index >= 15 is 0 Å². The first kappa shape index (κ1) is 20.9. The summed E-state index contributed by atoms with van der Waals surface area (Å²) < 4.78 is 12.9. The Morgan fingerprint density at radius 1 is 1.00 bits per heavy atom. The molecule has 2 saturated carbocycles. The maximum absolute atomic E-state index is 13.7. The minimum Gasteiger partial charge on any atom is -0.497 e. The third-order valence-corrected chi connectivity index (χ3v) is 8.13. The van der Waals surface area contributed by atoms with Gasteiger partial charge in [-0.1, -0.05) is 38.8 Å². The van der Waals surface area contributed by atoms with Gasteiger partial charge in [0.25, 0.3) is 0 Å². The smallest absolute Gasteiger partial charge is 0.143 e. The van der Waals surface area contributed by atoms with E-state index in [0.29, 0.717) is 11.7 Å². The molecule has 3 nitrogen and oxygen atoms in total. The number of carbonyl (C=O) groups excluding carboxylic acids is 1. The number of ketones is 1. The van der Waals surface area contributed by atoms with E-state index in [4.69, 9.17) is 9.47 Å². The molecule has 4 rings (SSSR count). The molecule has 2 aliphatic carbocycles. The van der Waals surface area contributed by atoms with Crippen molar-refractivity contribution in [3.63, 3.8) is 0 Å². The molecule has 2 aromatic carbocycles. The molecule has 2 aliphatic rings. The second-order valence-corrected chi connectivity index (χ2v) is 10.3. The average Bonchev–Trinajstić information content (AvgIpc) is 3.42. The number of hydrogen-bond donors (Lipinski definition) is 0. The Hall–Kier alpha value is -1.33. The van der Waals surface area contributed by atoms with Crippen molar-refractivity contribution >= 4 is 37.6 Å². The highest BCUT2D eigenvalue weighted by Gasteiger charge is 2.63. The van der Waals surface area contributed by atoms with E-state index in [1.54, 1.807) is 14.2 Å². The molecule has 1 spiro atoms. The van der Waals surface area contributed by atoms with Crippen molar-refractivity contribution in [1.29, 1.82) is 0 Å². The second-order valence-electron chi connectivity index (χ2n) is 8.57. The van der Waals surface area contributed by atoms with Gasteiger partial charge in [0.2, 0.25) is 0 Å². The quantitative estimate of drug-likeness (QED) is 0.447. The summed E-state index contributed by atoms with van der Waals surface area (Å²) in [6.45, 7) is 2.29. The lowest BCUT2D eigenvalue weighted by Crippen LogP contribution is -2.36. The number of methoxy groups -OCH3 is 2. The first-order valence-electron chi connectivity index (χ1n) is 10.1. The zero-order chi connectivity index (χ0) is 20.8. The normalized spacial score (nSPS) is 28.4. The van der Waals surface area contributed by atoms with Gasteiger partial charge in [0.05, 0.1) is 14.2 Å². The number of rotatable bonds is 5. The van der Waals surface area contributed by atoms with E-state index < -0.39 is 0 Å². The van der Waals surface area contributed by atoms with Crippen LogP contribution in [0.1, 0.15) is 43.2 Å². The third-order valence-electron chi connectivity index (χ3n) is 6.63. The zero-order valence-electron chi connectivity index (χ0n) is 17.0. The summed E-state index contributed by atoms with van der Waals surface area (Å²) in [4.78, 5) is 13.7. The topological polar surface area (TPSA) is 35.5 Å². The molecule has 2 fully saturated rings. The first-order valence-corrected chi connectivity index (χ1v) is 11.7. The molecule has 29 heavy (non-hydrogen) atoms. The molecular formula is C24H26Br2O3. The highest BCUT2D eigenvalue weighted by atomic mass is 79.9. The van der Waals surface area contributed by atoms with E-state index in [-0.39, 0.29) is 17.3 Å². The zero-order valence-corrected chi connectivity index (χ0v) is 20.2. The highest BCUT2D eigenvalue weighted by molar-refractivity contribution is 9.10. The van der Waals surface area contributed by atoms with Gasteiger partial charge in [-0.3, -0.25) is 4.79 Å². The lowest BCUT2D eigenvalue weighted by atomic mass is 9.69. The number of hydrogen-bond acceptors (Lipinski definition) is 3. The summed E-state index contributed by atoms with van der Waals surface area (Å²) in [5.41, 5.74) is 2.13. The Balaban J connectivity index is 1.60. The van der Waals surface area contributed by atoms with Gasteiger partial charge in [-0.2, -0.15) is 0 Å². The molecule has 4 atom stereocenters. The van der Waals surface area contributed by atoms with Crippen LogP contribution in [0.4, 0.5) is 0 Å². The minimum absolute atomic E-state index is 0.0524. The van der Waals surface area contributed by atoms with Gasteiger partial charge < -0.3 is 9.47 Å². The van der Waals surface area contributed by atoms with E-state index in [9.17, 15) is 4.79 Å². The number of benzene rings is 2. The molecule has 0 N–H and O–H groups in total. The molecule has 0 amide bonds. The van der Waals surface area contributed by atoms with Gasteiger partial charge in [0.1, 0.15) is 17.3 Å². The van der Waals surface area contributed by atoms with Gasteiger partial charge in [0, 0.05) is 20.3 Å². The Labute approximate surface area is 189 Å². The molecule has 0 aliphatic heterocycles. The van der Waals surface area contributed by atoms with Gasteiger partial charge in [-0.05, 0) is 85.0 Å². The molecule has 154 valence electrons. The summed E-state index contributed by atoms with van der Waals surface area (Å²) in [6.07, 6.45) is 3.64. The largest absolute Gasteiger partial charge is 0.497 e. The predicted molar refractivity (Wildman–Crippen MR) is 122 cm³/mol. The van der Waals surface area contributed by atoms with E-state index in [2.05, 4.69) is 44.8 Å². The minimum atomic E-state index is -0.220. The number of Topliss-reactive ketones (excluding diaryl/α,β-unsaturated/α-hetero) is 1. The maximum Gasteiger partial charge on any atom is 0.143 e. The fourth-order valence-corrected chi connectivity index (χ4v) is 6.14. The van der Waals surface area contributed by atoms with Gasteiger partial charge >= 0.3 is 0 Å². The summed E-state index contributed by atoms with van der Waals surface area (Å²) in [7, 11) is 3.36. The summed E-state index contributed by atoms with van der Waals surface area (Å²) in [5, 5.41) is 0. The average molecular weight is 522 g/mol. The molecule has 0 bridgehead atoms. The number of halogens is 2. The number of carbonyl (C=O) groups is 1. The van der Waals surface area contributed by atoms with Gasteiger partial charge in [0.15, 0.2) is 0 Å². The monoisotopic (exact) mass is 520 g/mol. The predicted octanol–water partition coefficient (Wildman–Crippen LogP) is 6.56. The summed E-state index contributed by atoms with van der Waals surface area (Å²) >= 11 is 7.35. The van der Waals surface area contributed by atoms with E-state index in [1.165, 1.54) is 5.56 Å². The molecule has 0 heterocycles. The molecular weight excluding hydrogens is 496 g/mol. The molecule has 5 heteroatoms. The van der Waals surface area contributed by atoms with Crippen molar-refractivity contribution in [2.24, 2.45) is 17.3 Å². The van der Waals surface area contributed by atoms with Crippen molar-refractivity contribution in [2.75, 3.05) is 14.2 Å². The van der Waals surface area contributed by atoms with Crippen molar-refractivity contribution in [3.8, 4) is 11.5 Å². The van der Waals surface area contributed by atoms with Crippen LogP contribution < -0.4 is 9.47 Å². The lowest BCUT2D eigenvalue weighted by molar-refractivity contribution is -0.132. The first-order chi connectivity index (χ1) is 13.9. The van der Waals surface area contributed by atoms with Gasteiger partial charge in [-0.15, -0.1) is 0 Å². The SMILES string of the molecule is COc1ccc(Br)c(C[C@@H]2CC(C)C[C@]3(CC3c3cc(OC)ccc3Br)C2=O)c1. The lowest BCUT2D eigenvalue weighted by Gasteiger charge is -2.34. The van der Waals surface area contributed by atoms with Crippen molar-refractivity contribution in [2.45, 2.75) is 38.5 Å².